The first-order valence-corrected chi connectivity index (χ1v) is 11.2. The molecule has 0 spiro atoms. The van der Waals surface area contributed by atoms with E-state index in [1.165, 1.54) is 0 Å². The van der Waals surface area contributed by atoms with E-state index >= 15 is 0 Å². The highest BCUT2D eigenvalue weighted by Crippen LogP contribution is 2.18. The molecule has 3 heteroatoms. The number of rotatable bonds is 10. The Morgan fingerprint density at radius 1 is 0.559 bits per heavy atom. The lowest BCUT2D eigenvalue weighted by Gasteiger charge is -2.07. The number of ketones is 1. The first kappa shape index (κ1) is 22.8. The summed E-state index contributed by atoms with van der Waals surface area (Å²) in [5.74, 6) is 1.44. The van der Waals surface area contributed by atoms with Crippen LogP contribution in [0.3, 0.4) is 0 Å². The zero-order valence-corrected chi connectivity index (χ0v) is 18.8. The maximum atomic E-state index is 12.3. The summed E-state index contributed by atoms with van der Waals surface area (Å²) >= 11 is 0. The highest BCUT2D eigenvalue weighted by atomic mass is 16.5. The third-order valence-electron chi connectivity index (χ3n) is 5.09. The molecule has 168 valence electrons. The fraction of sp³-hybridized carbons (Fsp3) is 0.0645. The number of benzene rings is 4. The fourth-order valence-corrected chi connectivity index (χ4v) is 3.31. The van der Waals surface area contributed by atoms with Gasteiger partial charge in [-0.1, -0.05) is 97.1 Å². The Labute approximate surface area is 200 Å². The van der Waals surface area contributed by atoms with Gasteiger partial charge in [-0.3, -0.25) is 4.79 Å². The van der Waals surface area contributed by atoms with Crippen LogP contribution in [0.5, 0.6) is 11.5 Å². The smallest absolute Gasteiger partial charge is 0.178 e. The molecular weight excluding hydrogens is 420 g/mol. The van der Waals surface area contributed by atoms with E-state index < -0.39 is 0 Å². The lowest BCUT2D eigenvalue weighted by Crippen LogP contribution is -1.95. The molecule has 0 N–H and O–H groups in total. The quantitative estimate of drug-likeness (QED) is 0.243. The van der Waals surface area contributed by atoms with Gasteiger partial charge < -0.3 is 9.47 Å². The molecule has 0 aromatic heterocycles. The number of hydrogen-bond acceptors (Lipinski definition) is 3. The zero-order valence-electron chi connectivity index (χ0n) is 18.8. The second-order valence-corrected chi connectivity index (χ2v) is 7.76. The molecule has 0 saturated carbocycles. The Morgan fingerprint density at radius 3 is 1.44 bits per heavy atom. The number of carbonyl (C=O) groups excluding carboxylic acids is 1. The van der Waals surface area contributed by atoms with E-state index in [1.54, 1.807) is 24.3 Å². The lowest BCUT2D eigenvalue weighted by molar-refractivity contribution is -0.110. The van der Waals surface area contributed by atoms with Crippen molar-refractivity contribution in [3.8, 4) is 11.5 Å². The predicted molar refractivity (Wildman–Crippen MR) is 138 cm³/mol. The topological polar surface area (TPSA) is 35.5 Å². The Kier molecular flexibility index (Phi) is 8.07. The maximum Gasteiger partial charge on any atom is 0.178 e. The summed E-state index contributed by atoms with van der Waals surface area (Å²) in [6.45, 7) is 1.01. The van der Waals surface area contributed by atoms with Gasteiger partial charge in [0.1, 0.15) is 24.7 Å². The van der Waals surface area contributed by atoms with Gasteiger partial charge in [0, 0.05) is 0 Å². The number of hydrogen-bond donors (Lipinski definition) is 0. The summed E-state index contributed by atoms with van der Waals surface area (Å²) in [5.41, 5.74) is 4.03. The molecule has 0 radical (unpaired) electrons. The molecule has 0 heterocycles. The minimum absolute atomic E-state index is 0.0915. The molecule has 0 atom stereocenters. The third kappa shape index (κ3) is 7.35. The van der Waals surface area contributed by atoms with Gasteiger partial charge in [-0.2, -0.15) is 0 Å². The van der Waals surface area contributed by atoms with Crippen LogP contribution in [0.1, 0.15) is 22.3 Å². The van der Waals surface area contributed by atoms with Crippen LogP contribution in [0.2, 0.25) is 0 Å². The van der Waals surface area contributed by atoms with Gasteiger partial charge in [-0.25, -0.2) is 0 Å². The molecule has 0 amide bonds. The van der Waals surface area contributed by atoms with Crippen LogP contribution < -0.4 is 9.47 Å². The normalized spacial score (nSPS) is 11.1. The minimum Gasteiger partial charge on any atom is -0.489 e. The molecule has 34 heavy (non-hydrogen) atoms. The Morgan fingerprint density at radius 2 is 1.00 bits per heavy atom. The molecule has 0 aliphatic heterocycles. The average molecular weight is 447 g/mol. The molecule has 0 unspecified atom stereocenters. The fourth-order valence-electron chi connectivity index (χ4n) is 3.31. The number of allylic oxidation sites excluding steroid dienone is 2. The summed E-state index contributed by atoms with van der Waals surface area (Å²) < 4.78 is 11.7. The van der Waals surface area contributed by atoms with E-state index in [2.05, 4.69) is 0 Å². The monoisotopic (exact) mass is 446 g/mol. The van der Waals surface area contributed by atoms with Crippen molar-refractivity contribution in [1.29, 1.82) is 0 Å². The van der Waals surface area contributed by atoms with E-state index in [-0.39, 0.29) is 5.78 Å². The first-order chi connectivity index (χ1) is 16.7. The maximum absolute atomic E-state index is 12.3. The van der Waals surface area contributed by atoms with Crippen LogP contribution in [0.25, 0.3) is 12.2 Å². The van der Waals surface area contributed by atoms with Gasteiger partial charge in [-0.15, -0.1) is 0 Å². The largest absolute Gasteiger partial charge is 0.489 e. The van der Waals surface area contributed by atoms with Crippen LogP contribution in [0.15, 0.2) is 121 Å². The van der Waals surface area contributed by atoms with Crippen molar-refractivity contribution in [2.45, 2.75) is 13.2 Å². The van der Waals surface area contributed by atoms with Crippen LogP contribution in [0.4, 0.5) is 0 Å². The molecule has 4 rings (SSSR count). The average Bonchev–Trinajstić information content (AvgIpc) is 2.90. The molecule has 0 aliphatic carbocycles. The summed E-state index contributed by atoms with van der Waals surface area (Å²) in [6, 6.07) is 35.4. The van der Waals surface area contributed by atoms with Crippen molar-refractivity contribution in [2.75, 3.05) is 0 Å². The van der Waals surface area contributed by atoms with Gasteiger partial charge in [-0.05, 0) is 58.7 Å². The SMILES string of the molecule is O=C(C=Cc1cccc(OCc2ccccc2)c1)C=Cc1cccc(OCc2ccccc2)c1. The van der Waals surface area contributed by atoms with Crippen molar-refractivity contribution in [3.63, 3.8) is 0 Å². The highest BCUT2D eigenvalue weighted by Gasteiger charge is 1.99. The van der Waals surface area contributed by atoms with Gasteiger partial charge in [0.25, 0.3) is 0 Å². The van der Waals surface area contributed by atoms with E-state index in [4.69, 9.17) is 9.47 Å². The highest BCUT2D eigenvalue weighted by molar-refractivity contribution is 6.04. The van der Waals surface area contributed by atoms with Gasteiger partial charge in [0.05, 0.1) is 0 Å². The molecule has 4 aromatic rings. The molecule has 0 saturated heterocycles. The van der Waals surface area contributed by atoms with Gasteiger partial charge in [0.15, 0.2) is 5.78 Å². The molecule has 0 bridgehead atoms. The Balaban J connectivity index is 1.31. The third-order valence-corrected chi connectivity index (χ3v) is 5.09. The van der Waals surface area contributed by atoms with Crippen LogP contribution >= 0.6 is 0 Å². The second-order valence-electron chi connectivity index (χ2n) is 7.76. The van der Waals surface area contributed by atoms with Gasteiger partial charge >= 0.3 is 0 Å². The molecule has 3 nitrogen and oxygen atoms in total. The minimum atomic E-state index is -0.0915. The second kappa shape index (κ2) is 12.0. The van der Waals surface area contributed by atoms with Crippen LogP contribution in [0, 0.1) is 0 Å². The van der Waals surface area contributed by atoms with Crippen LogP contribution in [-0.2, 0) is 18.0 Å². The summed E-state index contributed by atoms with van der Waals surface area (Å²) in [5, 5.41) is 0. The number of carbonyl (C=O) groups is 1. The molecular formula is C31H26O3. The summed E-state index contributed by atoms with van der Waals surface area (Å²) in [4.78, 5) is 12.3. The zero-order chi connectivity index (χ0) is 23.4. The molecule has 4 aromatic carbocycles. The first-order valence-electron chi connectivity index (χ1n) is 11.2. The Hall–Kier alpha value is -4.37. The summed E-state index contributed by atoms with van der Waals surface area (Å²) in [6.07, 6.45) is 6.70. The van der Waals surface area contributed by atoms with Crippen molar-refractivity contribution in [2.24, 2.45) is 0 Å². The molecule has 0 fully saturated rings. The van der Waals surface area contributed by atoms with Crippen molar-refractivity contribution in [1.82, 2.24) is 0 Å². The number of ether oxygens (including phenoxy) is 2. The van der Waals surface area contributed by atoms with E-state index in [1.807, 2.05) is 109 Å². The van der Waals surface area contributed by atoms with Crippen molar-refractivity contribution in [3.05, 3.63) is 144 Å². The Bertz CT molecular complexity index is 1160. The van der Waals surface area contributed by atoms with Gasteiger partial charge in [0.2, 0.25) is 0 Å². The van der Waals surface area contributed by atoms with E-state index in [9.17, 15) is 4.79 Å². The van der Waals surface area contributed by atoms with Crippen LogP contribution in [-0.4, -0.2) is 5.78 Å². The summed E-state index contributed by atoms with van der Waals surface area (Å²) in [7, 11) is 0. The predicted octanol–water partition coefficient (Wildman–Crippen LogP) is 7.14. The lowest BCUT2D eigenvalue weighted by atomic mass is 10.1. The standard InChI is InChI=1S/C31H26O3/c32-29(19-17-25-13-7-15-30(21-25)33-23-27-9-3-1-4-10-27)20-18-26-14-8-16-31(22-26)34-24-28-11-5-2-6-12-28/h1-22H,23-24H2. The van der Waals surface area contributed by atoms with E-state index in [0.29, 0.717) is 13.2 Å². The molecule has 0 aliphatic rings. The van der Waals surface area contributed by atoms with Crippen molar-refractivity contribution >= 4 is 17.9 Å². The van der Waals surface area contributed by atoms with E-state index in [0.717, 1.165) is 33.8 Å². The van der Waals surface area contributed by atoms with Crippen molar-refractivity contribution < 1.29 is 14.3 Å².